The van der Waals surface area contributed by atoms with E-state index in [9.17, 15) is 18.4 Å². The molecule has 0 aliphatic carbocycles. The Morgan fingerprint density at radius 2 is 2.20 bits per heavy atom. The first-order chi connectivity index (χ1) is 6.97. The van der Waals surface area contributed by atoms with E-state index < -0.39 is 29.1 Å². The SMILES string of the molecule is NCc1cc(C(F)F)c(C(=O)O)c(=O)[nH]1. The Labute approximate surface area is 82.5 Å². The molecule has 0 saturated heterocycles. The van der Waals surface area contributed by atoms with Crippen molar-refractivity contribution in [2.75, 3.05) is 0 Å². The summed E-state index contributed by atoms with van der Waals surface area (Å²) >= 11 is 0. The summed E-state index contributed by atoms with van der Waals surface area (Å²) in [4.78, 5) is 23.8. The highest BCUT2D eigenvalue weighted by Crippen LogP contribution is 2.21. The van der Waals surface area contributed by atoms with Gasteiger partial charge in [-0.2, -0.15) is 0 Å². The molecule has 0 bridgehead atoms. The maximum atomic E-state index is 12.4. The Balaban J connectivity index is 3.50. The first-order valence-electron chi connectivity index (χ1n) is 3.95. The fourth-order valence-corrected chi connectivity index (χ4v) is 1.14. The summed E-state index contributed by atoms with van der Waals surface area (Å²) in [6, 6.07) is 0.884. The quantitative estimate of drug-likeness (QED) is 0.687. The number of carboxylic acids is 1. The zero-order chi connectivity index (χ0) is 11.6. The van der Waals surface area contributed by atoms with Crippen molar-refractivity contribution in [2.24, 2.45) is 5.73 Å². The first-order valence-corrected chi connectivity index (χ1v) is 3.95. The Hall–Kier alpha value is -1.76. The second-order valence-corrected chi connectivity index (χ2v) is 2.76. The molecule has 0 aliphatic heterocycles. The van der Waals surface area contributed by atoms with Crippen LogP contribution in [0.4, 0.5) is 8.78 Å². The third kappa shape index (κ3) is 2.18. The fourth-order valence-electron chi connectivity index (χ4n) is 1.14. The molecule has 0 amide bonds. The standard InChI is InChI=1S/C8H8F2N2O3/c9-6(10)4-1-3(2-11)12-7(13)5(4)8(14)15/h1,6H,2,11H2,(H,12,13)(H,14,15). The van der Waals surface area contributed by atoms with E-state index in [2.05, 4.69) is 4.98 Å². The van der Waals surface area contributed by atoms with Gasteiger partial charge in [0, 0.05) is 17.8 Å². The Morgan fingerprint density at radius 3 is 2.60 bits per heavy atom. The number of alkyl halides is 2. The van der Waals surface area contributed by atoms with Crippen LogP contribution in [0.1, 0.15) is 28.0 Å². The topological polar surface area (TPSA) is 96.2 Å². The lowest BCUT2D eigenvalue weighted by atomic mass is 10.1. The third-order valence-electron chi connectivity index (χ3n) is 1.79. The van der Waals surface area contributed by atoms with Crippen LogP contribution in [0.3, 0.4) is 0 Å². The lowest BCUT2D eigenvalue weighted by molar-refractivity contribution is 0.0682. The number of carbonyl (C=O) groups is 1. The molecule has 5 nitrogen and oxygen atoms in total. The Morgan fingerprint density at radius 1 is 1.60 bits per heavy atom. The van der Waals surface area contributed by atoms with E-state index >= 15 is 0 Å². The molecular weight excluding hydrogens is 210 g/mol. The van der Waals surface area contributed by atoms with Crippen LogP contribution in [0.2, 0.25) is 0 Å². The van der Waals surface area contributed by atoms with Crippen molar-refractivity contribution in [1.82, 2.24) is 4.98 Å². The van der Waals surface area contributed by atoms with Gasteiger partial charge in [0.15, 0.2) is 0 Å². The number of nitrogens with one attached hydrogen (secondary N) is 1. The summed E-state index contributed by atoms with van der Waals surface area (Å²) in [5, 5.41) is 8.57. The predicted octanol–water partition coefficient (Wildman–Crippen LogP) is 0.469. The Kier molecular flexibility index (Phi) is 3.15. The molecular formula is C8H8F2N2O3. The lowest BCUT2D eigenvalue weighted by Gasteiger charge is -2.06. The molecule has 0 fully saturated rings. The van der Waals surface area contributed by atoms with Gasteiger partial charge in [0.25, 0.3) is 12.0 Å². The van der Waals surface area contributed by atoms with E-state index in [1.807, 2.05) is 0 Å². The number of H-pyrrole nitrogens is 1. The minimum atomic E-state index is -3.02. The second kappa shape index (κ2) is 4.18. The van der Waals surface area contributed by atoms with Crippen LogP contribution in [0, 0.1) is 0 Å². The molecule has 82 valence electrons. The summed E-state index contributed by atoms with van der Waals surface area (Å²) in [7, 11) is 0. The summed E-state index contributed by atoms with van der Waals surface area (Å²) in [5.41, 5.74) is 2.40. The maximum absolute atomic E-state index is 12.4. The van der Waals surface area contributed by atoms with Crippen LogP contribution in [0.15, 0.2) is 10.9 Å². The molecule has 15 heavy (non-hydrogen) atoms. The van der Waals surface area contributed by atoms with Crippen LogP contribution in [-0.4, -0.2) is 16.1 Å². The summed E-state index contributed by atoms with van der Waals surface area (Å²) in [5.74, 6) is -1.69. The van der Waals surface area contributed by atoms with Crippen molar-refractivity contribution in [3.63, 3.8) is 0 Å². The van der Waals surface area contributed by atoms with E-state index in [1.165, 1.54) is 0 Å². The number of rotatable bonds is 3. The van der Waals surface area contributed by atoms with Crippen molar-refractivity contribution in [2.45, 2.75) is 13.0 Å². The number of carboxylic acid groups (broad SMARTS) is 1. The van der Waals surface area contributed by atoms with Crippen molar-refractivity contribution in [3.05, 3.63) is 33.2 Å². The predicted molar refractivity (Wildman–Crippen MR) is 46.9 cm³/mol. The van der Waals surface area contributed by atoms with E-state index in [1.54, 1.807) is 0 Å². The van der Waals surface area contributed by atoms with Crippen molar-refractivity contribution < 1.29 is 18.7 Å². The largest absolute Gasteiger partial charge is 0.477 e. The molecule has 0 aliphatic rings. The normalized spacial score (nSPS) is 10.7. The summed E-state index contributed by atoms with van der Waals surface area (Å²) in [6.07, 6.45) is -3.02. The van der Waals surface area contributed by atoms with Crippen molar-refractivity contribution in [3.8, 4) is 0 Å². The number of nitrogens with two attached hydrogens (primary N) is 1. The summed E-state index contributed by atoms with van der Waals surface area (Å²) < 4.78 is 24.9. The first kappa shape index (κ1) is 11.3. The van der Waals surface area contributed by atoms with Crippen LogP contribution >= 0.6 is 0 Å². The number of pyridine rings is 1. The van der Waals surface area contributed by atoms with Gasteiger partial charge in [0.2, 0.25) is 0 Å². The van der Waals surface area contributed by atoms with Crippen LogP contribution < -0.4 is 11.3 Å². The van der Waals surface area contributed by atoms with Gasteiger partial charge < -0.3 is 15.8 Å². The van der Waals surface area contributed by atoms with Gasteiger partial charge in [-0.3, -0.25) is 4.79 Å². The van der Waals surface area contributed by atoms with Crippen molar-refractivity contribution in [1.29, 1.82) is 0 Å². The smallest absolute Gasteiger partial charge is 0.341 e. The molecule has 1 heterocycles. The van der Waals surface area contributed by atoms with Gasteiger partial charge >= 0.3 is 5.97 Å². The lowest BCUT2D eigenvalue weighted by Crippen LogP contribution is -2.23. The van der Waals surface area contributed by atoms with Gasteiger partial charge in [-0.1, -0.05) is 0 Å². The number of hydrogen-bond acceptors (Lipinski definition) is 3. The van der Waals surface area contributed by atoms with Crippen LogP contribution in [-0.2, 0) is 6.54 Å². The van der Waals surface area contributed by atoms with E-state index in [-0.39, 0.29) is 12.2 Å². The summed E-state index contributed by atoms with van der Waals surface area (Å²) in [6.45, 7) is -0.144. The molecule has 1 aromatic heterocycles. The fraction of sp³-hybridized carbons (Fsp3) is 0.250. The van der Waals surface area contributed by atoms with E-state index in [0.29, 0.717) is 0 Å². The van der Waals surface area contributed by atoms with E-state index in [0.717, 1.165) is 6.07 Å². The minimum Gasteiger partial charge on any atom is -0.477 e. The molecule has 7 heteroatoms. The Bertz CT molecular complexity index is 442. The molecule has 0 radical (unpaired) electrons. The minimum absolute atomic E-state index is 0.0697. The van der Waals surface area contributed by atoms with Gasteiger partial charge in [0.05, 0.1) is 0 Å². The van der Waals surface area contributed by atoms with E-state index in [4.69, 9.17) is 10.8 Å². The highest BCUT2D eigenvalue weighted by atomic mass is 19.3. The molecule has 1 aromatic rings. The average molecular weight is 218 g/mol. The number of aromatic nitrogens is 1. The molecule has 4 N–H and O–H groups in total. The van der Waals surface area contributed by atoms with Crippen molar-refractivity contribution >= 4 is 5.97 Å². The van der Waals surface area contributed by atoms with Gasteiger partial charge in [-0.25, -0.2) is 13.6 Å². The van der Waals surface area contributed by atoms with Gasteiger partial charge in [-0.05, 0) is 6.07 Å². The molecule has 0 saturated carbocycles. The molecule has 0 aromatic carbocycles. The van der Waals surface area contributed by atoms with Crippen LogP contribution in [0.25, 0.3) is 0 Å². The zero-order valence-corrected chi connectivity index (χ0v) is 7.46. The average Bonchev–Trinajstić information content (AvgIpc) is 2.15. The number of aromatic carboxylic acids is 1. The number of hydrogen-bond donors (Lipinski definition) is 3. The monoisotopic (exact) mass is 218 g/mol. The maximum Gasteiger partial charge on any atom is 0.341 e. The van der Waals surface area contributed by atoms with Crippen LogP contribution in [0.5, 0.6) is 0 Å². The van der Waals surface area contributed by atoms with Gasteiger partial charge in [-0.15, -0.1) is 0 Å². The zero-order valence-electron chi connectivity index (χ0n) is 7.46. The molecule has 0 unspecified atom stereocenters. The molecule has 0 atom stereocenters. The van der Waals surface area contributed by atoms with Gasteiger partial charge in [0.1, 0.15) is 5.56 Å². The number of halogens is 2. The molecule has 0 spiro atoms. The highest BCUT2D eigenvalue weighted by Gasteiger charge is 2.22. The number of aromatic amines is 1. The second-order valence-electron chi connectivity index (χ2n) is 2.76. The molecule has 1 rings (SSSR count). The highest BCUT2D eigenvalue weighted by molar-refractivity contribution is 5.89. The third-order valence-corrected chi connectivity index (χ3v) is 1.79.